The van der Waals surface area contributed by atoms with Gasteiger partial charge in [0.25, 0.3) is 5.91 Å². The molecule has 0 spiro atoms. The molecule has 0 saturated carbocycles. The maximum atomic E-state index is 12.7. The van der Waals surface area contributed by atoms with Gasteiger partial charge in [0.1, 0.15) is 11.3 Å². The van der Waals surface area contributed by atoms with Crippen molar-refractivity contribution >= 4 is 45.1 Å². The van der Waals surface area contributed by atoms with E-state index in [2.05, 4.69) is 5.32 Å². The van der Waals surface area contributed by atoms with Gasteiger partial charge < -0.3 is 14.5 Å². The topological polar surface area (TPSA) is 64.4 Å². The van der Waals surface area contributed by atoms with Crippen LogP contribution in [0.3, 0.4) is 0 Å². The minimum atomic E-state index is -0.273. The lowest BCUT2D eigenvalue weighted by atomic mass is 10.1. The number of carbonyl (C=O) groups excluding carboxylic acids is 1. The normalized spacial score (nSPS) is 11.0. The van der Waals surface area contributed by atoms with Crippen LogP contribution < -0.4 is 10.1 Å². The van der Waals surface area contributed by atoms with Crippen molar-refractivity contribution in [1.82, 2.24) is 4.98 Å². The SMILES string of the molecule is COc1ccc(C(=O)Nc2cccc(-c3nc4c(ccc5ccccc54)o3)c2)cc1Cl. The van der Waals surface area contributed by atoms with Crippen LogP contribution in [0.2, 0.25) is 5.02 Å². The van der Waals surface area contributed by atoms with Gasteiger partial charge in [-0.15, -0.1) is 0 Å². The van der Waals surface area contributed by atoms with E-state index in [1.165, 1.54) is 7.11 Å². The molecule has 0 radical (unpaired) electrons. The molecule has 0 fully saturated rings. The molecule has 1 heterocycles. The van der Waals surface area contributed by atoms with Crippen LogP contribution in [-0.2, 0) is 0 Å². The molecule has 0 bridgehead atoms. The molecule has 0 saturated heterocycles. The summed E-state index contributed by atoms with van der Waals surface area (Å²) in [6.45, 7) is 0. The minimum Gasteiger partial charge on any atom is -0.495 e. The molecule has 0 aliphatic rings. The number of methoxy groups -OCH3 is 1. The highest BCUT2D eigenvalue weighted by atomic mass is 35.5. The van der Waals surface area contributed by atoms with Crippen molar-refractivity contribution in [2.75, 3.05) is 12.4 Å². The number of benzene rings is 4. The number of nitrogens with one attached hydrogen (secondary N) is 1. The van der Waals surface area contributed by atoms with Crippen molar-refractivity contribution < 1.29 is 13.9 Å². The zero-order chi connectivity index (χ0) is 21.4. The molecule has 4 aromatic carbocycles. The van der Waals surface area contributed by atoms with Crippen LogP contribution in [0.5, 0.6) is 5.75 Å². The lowest BCUT2D eigenvalue weighted by Gasteiger charge is -2.08. The molecule has 0 aliphatic carbocycles. The molecule has 0 aliphatic heterocycles. The number of aromatic nitrogens is 1. The molecule has 5 nitrogen and oxygen atoms in total. The van der Waals surface area contributed by atoms with E-state index in [1.54, 1.807) is 18.2 Å². The van der Waals surface area contributed by atoms with Gasteiger partial charge in [0.05, 0.1) is 12.1 Å². The molecule has 5 aromatic rings. The van der Waals surface area contributed by atoms with Crippen molar-refractivity contribution in [3.05, 3.63) is 89.4 Å². The first-order valence-electron chi connectivity index (χ1n) is 9.66. The van der Waals surface area contributed by atoms with E-state index in [0.717, 1.165) is 27.4 Å². The highest BCUT2D eigenvalue weighted by Gasteiger charge is 2.13. The third-order valence-corrected chi connectivity index (χ3v) is 5.36. The number of carbonyl (C=O) groups is 1. The summed E-state index contributed by atoms with van der Waals surface area (Å²) in [6, 6.07) is 24.3. The summed E-state index contributed by atoms with van der Waals surface area (Å²) >= 11 is 6.14. The summed E-state index contributed by atoms with van der Waals surface area (Å²) in [5.41, 5.74) is 3.36. The Morgan fingerprint density at radius 3 is 2.71 bits per heavy atom. The average molecular weight is 429 g/mol. The number of ether oxygens (including phenoxy) is 1. The Morgan fingerprint density at radius 1 is 1.00 bits per heavy atom. The van der Waals surface area contributed by atoms with Crippen molar-refractivity contribution in [2.24, 2.45) is 0 Å². The fraction of sp³-hybridized carbons (Fsp3) is 0.0400. The first kappa shape index (κ1) is 19.2. The lowest BCUT2D eigenvalue weighted by molar-refractivity contribution is 0.102. The predicted octanol–water partition coefficient (Wildman–Crippen LogP) is 6.56. The quantitative estimate of drug-likeness (QED) is 0.352. The van der Waals surface area contributed by atoms with Crippen LogP contribution >= 0.6 is 11.6 Å². The molecular formula is C25H17ClN2O3. The molecule has 1 amide bonds. The number of hydrogen-bond donors (Lipinski definition) is 1. The van der Waals surface area contributed by atoms with Crippen LogP contribution in [0.4, 0.5) is 5.69 Å². The summed E-state index contributed by atoms with van der Waals surface area (Å²) in [4.78, 5) is 17.4. The zero-order valence-corrected chi connectivity index (χ0v) is 17.3. The number of nitrogens with zero attached hydrogens (tertiary/aromatic N) is 1. The number of anilines is 1. The second kappa shape index (κ2) is 7.78. The van der Waals surface area contributed by atoms with Crippen molar-refractivity contribution in [1.29, 1.82) is 0 Å². The number of rotatable bonds is 4. The molecular weight excluding hydrogens is 412 g/mol. The lowest BCUT2D eigenvalue weighted by Crippen LogP contribution is -2.11. The average Bonchev–Trinajstić information content (AvgIpc) is 3.24. The van der Waals surface area contributed by atoms with E-state index < -0.39 is 0 Å². The van der Waals surface area contributed by atoms with Crippen LogP contribution in [0, 0.1) is 0 Å². The smallest absolute Gasteiger partial charge is 0.255 e. The number of halogens is 1. The van der Waals surface area contributed by atoms with Crippen LogP contribution in [0.1, 0.15) is 10.4 Å². The van der Waals surface area contributed by atoms with Crippen LogP contribution in [-0.4, -0.2) is 18.0 Å². The molecule has 6 heteroatoms. The van der Waals surface area contributed by atoms with Gasteiger partial charge in [-0.3, -0.25) is 4.79 Å². The van der Waals surface area contributed by atoms with Crippen molar-refractivity contribution in [3.8, 4) is 17.2 Å². The van der Waals surface area contributed by atoms with E-state index in [9.17, 15) is 4.79 Å². The van der Waals surface area contributed by atoms with Gasteiger partial charge in [0.2, 0.25) is 5.89 Å². The van der Waals surface area contributed by atoms with Gasteiger partial charge in [-0.1, -0.05) is 48.0 Å². The Morgan fingerprint density at radius 2 is 1.87 bits per heavy atom. The molecule has 5 rings (SSSR count). The summed E-state index contributed by atoms with van der Waals surface area (Å²) < 4.78 is 11.1. The fourth-order valence-corrected chi connectivity index (χ4v) is 3.78. The Hall–Kier alpha value is -3.83. The Bertz CT molecular complexity index is 1440. The minimum absolute atomic E-state index is 0.273. The Labute approximate surface area is 183 Å². The summed E-state index contributed by atoms with van der Waals surface area (Å²) in [5.74, 6) is 0.740. The maximum absolute atomic E-state index is 12.7. The third-order valence-electron chi connectivity index (χ3n) is 5.06. The van der Waals surface area contributed by atoms with Gasteiger partial charge in [-0.05, 0) is 47.9 Å². The number of oxazole rings is 1. The summed E-state index contributed by atoms with van der Waals surface area (Å²) in [6.07, 6.45) is 0. The molecule has 0 atom stereocenters. The van der Waals surface area contributed by atoms with Gasteiger partial charge in [-0.2, -0.15) is 0 Å². The van der Waals surface area contributed by atoms with Crippen molar-refractivity contribution in [2.45, 2.75) is 0 Å². The van der Waals surface area contributed by atoms with E-state index >= 15 is 0 Å². The predicted molar refractivity (Wildman–Crippen MR) is 123 cm³/mol. The maximum Gasteiger partial charge on any atom is 0.255 e. The first-order valence-corrected chi connectivity index (χ1v) is 10.0. The standard InChI is InChI=1S/C25H17ClN2O3/c1-30-21-11-10-16(14-20(21)26)24(29)27-18-7-4-6-17(13-18)25-28-23-19-8-3-2-5-15(19)9-12-22(23)31-25/h2-14H,1H3,(H,27,29). The highest BCUT2D eigenvalue weighted by Crippen LogP contribution is 2.31. The van der Waals surface area contributed by atoms with E-state index in [4.69, 9.17) is 25.7 Å². The largest absolute Gasteiger partial charge is 0.495 e. The van der Waals surface area contributed by atoms with Gasteiger partial charge in [0, 0.05) is 22.2 Å². The molecule has 31 heavy (non-hydrogen) atoms. The zero-order valence-electron chi connectivity index (χ0n) is 16.6. The highest BCUT2D eigenvalue weighted by molar-refractivity contribution is 6.32. The van der Waals surface area contributed by atoms with Crippen LogP contribution in [0.15, 0.2) is 83.3 Å². The number of hydrogen-bond acceptors (Lipinski definition) is 4. The van der Waals surface area contributed by atoms with Crippen LogP contribution in [0.25, 0.3) is 33.3 Å². The fourth-order valence-electron chi connectivity index (χ4n) is 3.53. The van der Waals surface area contributed by atoms with Gasteiger partial charge in [-0.25, -0.2) is 4.98 Å². The molecule has 1 aromatic heterocycles. The summed E-state index contributed by atoms with van der Waals surface area (Å²) in [5, 5.41) is 5.41. The van der Waals surface area contributed by atoms with E-state index in [0.29, 0.717) is 27.9 Å². The molecule has 0 unspecified atom stereocenters. The Kier molecular flexibility index (Phi) is 4.81. The van der Waals surface area contributed by atoms with Crippen molar-refractivity contribution in [3.63, 3.8) is 0 Å². The molecule has 1 N–H and O–H groups in total. The Balaban J connectivity index is 1.46. The van der Waals surface area contributed by atoms with E-state index in [-0.39, 0.29) is 5.91 Å². The third kappa shape index (κ3) is 3.60. The van der Waals surface area contributed by atoms with Gasteiger partial charge >= 0.3 is 0 Å². The number of amides is 1. The monoisotopic (exact) mass is 428 g/mol. The molecule has 152 valence electrons. The second-order valence-corrected chi connectivity index (χ2v) is 7.44. The second-order valence-electron chi connectivity index (χ2n) is 7.04. The van der Waals surface area contributed by atoms with E-state index in [1.807, 2.05) is 60.7 Å². The first-order chi connectivity index (χ1) is 15.1. The van der Waals surface area contributed by atoms with Gasteiger partial charge in [0.15, 0.2) is 5.58 Å². The number of fused-ring (bicyclic) bond motifs is 3. The summed E-state index contributed by atoms with van der Waals surface area (Å²) in [7, 11) is 1.53.